The predicted octanol–water partition coefficient (Wildman–Crippen LogP) is 3.24. The van der Waals surface area contributed by atoms with Crippen LogP contribution in [0.15, 0.2) is 24.3 Å². The van der Waals surface area contributed by atoms with Crippen LogP contribution in [0.25, 0.3) is 0 Å². The summed E-state index contributed by atoms with van der Waals surface area (Å²) >= 11 is 1.34. The first kappa shape index (κ1) is 16.6. The Bertz CT molecular complexity index is 474. The fourth-order valence-corrected chi connectivity index (χ4v) is 2.25. The molecule has 0 heterocycles. The Labute approximate surface area is 124 Å². The minimum absolute atomic E-state index is 0.00957. The van der Waals surface area contributed by atoms with Crippen LogP contribution in [0.2, 0.25) is 0 Å². The second-order valence-electron chi connectivity index (χ2n) is 5.11. The van der Waals surface area contributed by atoms with Crippen LogP contribution in [0, 0.1) is 11.8 Å². The van der Waals surface area contributed by atoms with E-state index in [0.717, 1.165) is 11.3 Å². The zero-order valence-corrected chi connectivity index (χ0v) is 12.9. The van der Waals surface area contributed by atoms with Crippen LogP contribution in [0.4, 0.5) is 5.69 Å². The number of carboxylic acids is 1. The highest BCUT2D eigenvalue weighted by atomic mass is 32.2. The van der Waals surface area contributed by atoms with Gasteiger partial charge < -0.3 is 10.4 Å². The van der Waals surface area contributed by atoms with Crippen molar-refractivity contribution in [1.82, 2.24) is 0 Å². The highest BCUT2D eigenvalue weighted by Gasteiger charge is 2.16. The molecule has 0 aromatic heterocycles. The van der Waals surface area contributed by atoms with Crippen LogP contribution in [0.1, 0.15) is 26.3 Å². The second-order valence-corrected chi connectivity index (χ2v) is 6.09. The standard InChI is InChI=1S/C15H21NO3S/c1-10(2)11(3)15(19)16-13-6-4-5-12(7-13)8-20-9-14(17)18/h4-7,10-11H,8-9H2,1-3H3,(H,16,19)(H,17,18). The SMILES string of the molecule is CC(C)C(C)C(=O)Nc1cccc(CSCC(=O)O)c1. The number of carboxylic acid groups (broad SMARTS) is 1. The average molecular weight is 295 g/mol. The maximum absolute atomic E-state index is 12.0. The average Bonchev–Trinajstić information content (AvgIpc) is 2.37. The number of nitrogens with one attached hydrogen (secondary N) is 1. The largest absolute Gasteiger partial charge is 0.481 e. The van der Waals surface area contributed by atoms with Crippen molar-refractivity contribution in [2.24, 2.45) is 11.8 Å². The monoisotopic (exact) mass is 295 g/mol. The molecule has 0 aliphatic carbocycles. The molecule has 0 fully saturated rings. The van der Waals surface area contributed by atoms with Gasteiger partial charge in [0.15, 0.2) is 0 Å². The van der Waals surface area contributed by atoms with Crippen molar-refractivity contribution in [2.75, 3.05) is 11.1 Å². The van der Waals surface area contributed by atoms with Crippen LogP contribution < -0.4 is 5.32 Å². The molecule has 1 unspecified atom stereocenters. The molecule has 0 aliphatic heterocycles. The van der Waals surface area contributed by atoms with E-state index < -0.39 is 5.97 Å². The number of carbonyl (C=O) groups excluding carboxylic acids is 1. The fourth-order valence-electron chi connectivity index (χ4n) is 1.55. The Kier molecular flexibility index (Phi) is 6.58. The summed E-state index contributed by atoms with van der Waals surface area (Å²) in [6.07, 6.45) is 0. The Morgan fingerprint density at radius 1 is 1.30 bits per heavy atom. The number of rotatable bonds is 7. The van der Waals surface area contributed by atoms with E-state index in [1.165, 1.54) is 11.8 Å². The lowest BCUT2D eigenvalue weighted by Crippen LogP contribution is -2.24. The van der Waals surface area contributed by atoms with Crippen molar-refractivity contribution in [3.05, 3.63) is 29.8 Å². The Hall–Kier alpha value is -1.49. The number of hydrogen-bond donors (Lipinski definition) is 2. The van der Waals surface area contributed by atoms with Crippen molar-refractivity contribution < 1.29 is 14.7 Å². The van der Waals surface area contributed by atoms with Gasteiger partial charge in [-0.05, 0) is 23.6 Å². The molecule has 0 aliphatic rings. The number of anilines is 1. The molecule has 0 spiro atoms. The number of thioether (sulfide) groups is 1. The molecule has 0 saturated carbocycles. The molecule has 1 aromatic rings. The molecule has 0 saturated heterocycles. The van der Waals surface area contributed by atoms with Crippen molar-refractivity contribution in [1.29, 1.82) is 0 Å². The minimum Gasteiger partial charge on any atom is -0.481 e. The molecular formula is C15H21NO3S. The summed E-state index contributed by atoms with van der Waals surface area (Å²) in [6.45, 7) is 5.94. The minimum atomic E-state index is -0.815. The zero-order chi connectivity index (χ0) is 15.1. The fraction of sp³-hybridized carbons (Fsp3) is 0.467. The smallest absolute Gasteiger partial charge is 0.313 e. The molecule has 4 nitrogen and oxygen atoms in total. The normalized spacial score (nSPS) is 12.2. The van der Waals surface area contributed by atoms with Gasteiger partial charge in [0, 0.05) is 17.4 Å². The van der Waals surface area contributed by atoms with E-state index in [2.05, 4.69) is 5.32 Å². The van der Waals surface area contributed by atoms with E-state index in [4.69, 9.17) is 5.11 Å². The van der Waals surface area contributed by atoms with Gasteiger partial charge in [-0.15, -0.1) is 11.8 Å². The summed E-state index contributed by atoms with van der Waals surface area (Å²) in [5.74, 6) is 0.154. The van der Waals surface area contributed by atoms with Gasteiger partial charge in [0.2, 0.25) is 5.91 Å². The van der Waals surface area contributed by atoms with E-state index in [1.54, 1.807) is 0 Å². The van der Waals surface area contributed by atoms with E-state index in [0.29, 0.717) is 11.7 Å². The quantitative estimate of drug-likeness (QED) is 0.810. The number of carbonyl (C=O) groups is 2. The first-order chi connectivity index (χ1) is 9.40. The van der Waals surface area contributed by atoms with Crippen molar-refractivity contribution in [3.8, 4) is 0 Å². The van der Waals surface area contributed by atoms with Crippen molar-refractivity contribution in [3.63, 3.8) is 0 Å². The predicted molar refractivity (Wildman–Crippen MR) is 82.9 cm³/mol. The summed E-state index contributed by atoms with van der Waals surface area (Å²) in [5.41, 5.74) is 1.77. The molecule has 5 heteroatoms. The van der Waals surface area contributed by atoms with E-state index in [9.17, 15) is 9.59 Å². The molecule has 0 radical (unpaired) electrons. The number of benzene rings is 1. The molecule has 110 valence electrons. The van der Waals surface area contributed by atoms with Gasteiger partial charge in [-0.1, -0.05) is 32.9 Å². The van der Waals surface area contributed by atoms with E-state index in [-0.39, 0.29) is 17.6 Å². The molecule has 1 amide bonds. The number of hydrogen-bond acceptors (Lipinski definition) is 3. The topological polar surface area (TPSA) is 66.4 Å². The summed E-state index contributed by atoms with van der Waals surface area (Å²) in [4.78, 5) is 22.4. The van der Waals surface area contributed by atoms with Crippen molar-refractivity contribution in [2.45, 2.75) is 26.5 Å². The van der Waals surface area contributed by atoms with Gasteiger partial charge in [0.1, 0.15) is 0 Å². The zero-order valence-electron chi connectivity index (χ0n) is 12.1. The maximum Gasteiger partial charge on any atom is 0.313 e. The molecule has 20 heavy (non-hydrogen) atoms. The van der Waals surface area contributed by atoms with Gasteiger partial charge in [0.05, 0.1) is 5.75 Å². The van der Waals surface area contributed by atoms with Crippen LogP contribution >= 0.6 is 11.8 Å². The second kappa shape index (κ2) is 7.94. The van der Waals surface area contributed by atoms with Crippen LogP contribution in [0.3, 0.4) is 0 Å². The van der Waals surface area contributed by atoms with Crippen LogP contribution in [-0.4, -0.2) is 22.7 Å². The third-order valence-electron chi connectivity index (χ3n) is 3.10. The van der Waals surface area contributed by atoms with Gasteiger partial charge in [-0.25, -0.2) is 0 Å². The number of aliphatic carboxylic acids is 1. The molecule has 2 N–H and O–H groups in total. The lowest BCUT2D eigenvalue weighted by molar-refractivity contribution is -0.133. The summed E-state index contributed by atoms with van der Waals surface area (Å²) in [5, 5.41) is 11.5. The highest BCUT2D eigenvalue weighted by molar-refractivity contribution is 7.99. The van der Waals surface area contributed by atoms with Crippen LogP contribution in [0.5, 0.6) is 0 Å². The first-order valence-corrected chi connectivity index (χ1v) is 7.75. The highest BCUT2D eigenvalue weighted by Crippen LogP contribution is 2.18. The first-order valence-electron chi connectivity index (χ1n) is 6.59. The molecule has 1 atom stereocenters. The molecule has 1 aromatic carbocycles. The third kappa shape index (κ3) is 5.65. The lowest BCUT2D eigenvalue weighted by Gasteiger charge is -2.15. The maximum atomic E-state index is 12.0. The Morgan fingerprint density at radius 2 is 2.00 bits per heavy atom. The summed E-state index contributed by atoms with van der Waals surface area (Å²) < 4.78 is 0. The number of amides is 1. The molecule has 1 rings (SSSR count). The van der Waals surface area contributed by atoms with Gasteiger partial charge >= 0.3 is 5.97 Å². The molecular weight excluding hydrogens is 274 g/mol. The van der Waals surface area contributed by atoms with Gasteiger partial charge in [-0.3, -0.25) is 9.59 Å². The van der Waals surface area contributed by atoms with Crippen molar-refractivity contribution >= 4 is 29.3 Å². The van der Waals surface area contributed by atoms with E-state index in [1.807, 2.05) is 45.0 Å². The van der Waals surface area contributed by atoms with E-state index >= 15 is 0 Å². The Morgan fingerprint density at radius 3 is 2.60 bits per heavy atom. The van der Waals surface area contributed by atoms with Gasteiger partial charge in [-0.2, -0.15) is 0 Å². The lowest BCUT2D eigenvalue weighted by atomic mass is 9.97. The molecule has 0 bridgehead atoms. The summed E-state index contributed by atoms with van der Waals surface area (Å²) in [7, 11) is 0. The third-order valence-corrected chi connectivity index (χ3v) is 4.09. The van der Waals surface area contributed by atoms with Gasteiger partial charge in [0.25, 0.3) is 0 Å². The summed E-state index contributed by atoms with van der Waals surface area (Å²) in [6, 6.07) is 7.53. The van der Waals surface area contributed by atoms with Crippen LogP contribution in [-0.2, 0) is 15.3 Å². The Balaban J connectivity index is 2.59.